The van der Waals surface area contributed by atoms with Crippen LogP contribution in [0.2, 0.25) is 0 Å². The van der Waals surface area contributed by atoms with Gasteiger partial charge in [-0.1, -0.05) is 12.1 Å². The molecule has 6 heteroatoms. The summed E-state index contributed by atoms with van der Waals surface area (Å²) in [6, 6.07) is 11.7. The minimum absolute atomic E-state index is 0.00371. The molecule has 1 aliphatic heterocycles. The van der Waals surface area contributed by atoms with Gasteiger partial charge in [-0.3, -0.25) is 14.6 Å². The van der Waals surface area contributed by atoms with Gasteiger partial charge >= 0.3 is 0 Å². The molecule has 0 aliphatic carbocycles. The second-order valence-corrected chi connectivity index (χ2v) is 8.31. The van der Waals surface area contributed by atoms with Crippen molar-refractivity contribution >= 4 is 33.2 Å². The number of aromatic nitrogens is 2. The Morgan fingerprint density at radius 1 is 1.11 bits per heavy atom. The third kappa shape index (κ3) is 4.28. The number of fused-ring (bicyclic) bond motifs is 1. The van der Waals surface area contributed by atoms with Crippen LogP contribution in [0.25, 0.3) is 10.2 Å². The molecule has 0 spiro atoms. The number of thiazole rings is 1. The summed E-state index contributed by atoms with van der Waals surface area (Å²) in [5.74, 6) is 0.334. The number of nitrogens with zero attached hydrogens (tertiary/aromatic N) is 3. The molecule has 0 bridgehead atoms. The molecular formula is C22H23N3O2S. The van der Waals surface area contributed by atoms with Gasteiger partial charge in [0.05, 0.1) is 15.2 Å². The van der Waals surface area contributed by atoms with Crippen LogP contribution in [-0.2, 0) is 11.2 Å². The number of aryl methyl sites for hydroxylation is 1. The number of rotatable bonds is 6. The molecule has 5 nitrogen and oxygen atoms in total. The number of piperidine rings is 1. The zero-order chi connectivity index (χ0) is 19.3. The van der Waals surface area contributed by atoms with E-state index in [-0.39, 0.29) is 17.6 Å². The normalized spacial score (nSPS) is 15.1. The minimum atomic E-state index is -0.00371. The first-order valence-electron chi connectivity index (χ1n) is 9.77. The van der Waals surface area contributed by atoms with Crippen LogP contribution in [0.3, 0.4) is 0 Å². The third-order valence-corrected chi connectivity index (χ3v) is 6.38. The van der Waals surface area contributed by atoms with Crippen molar-refractivity contribution < 1.29 is 9.59 Å². The molecule has 0 N–H and O–H groups in total. The van der Waals surface area contributed by atoms with Crippen LogP contribution in [0.1, 0.15) is 41.0 Å². The van der Waals surface area contributed by atoms with Crippen molar-refractivity contribution in [2.45, 2.75) is 32.1 Å². The quantitative estimate of drug-likeness (QED) is 0.591. The van der Waals surface area contributed by atoms with Crippen molar-refractivity contribution in [3.05, 3.63) is 59.4 Å². The van der Waals surface area contributed by atoms with Crippen LogP contribution in [0.4, 0.5) is 0 Å². The number of amides is 1. The van der Waals surface area contributed by atoms with E-state index in [4.69, 9.17) is 0 Å². The fraction of sp³-hybridized carbons (Fsp3) is 0.364. The van der Waals surface area contributed by atoms with Gasteiger partial charge in [-0.15, -0.1) is 11.3 Å². The number of hydrogen-bond donors (Lipinski definition) is 0. The Kier molecular flexibility index (Phi) is 5.76. The van der Waals surface area contributed by atoms with Crippen LogP contribution in [0.15, 0.2) is 48.8 Å². The summed E-state index contributed by atoms with van der Waals surface area (Å²) in [7, 11) is 0. The average Bonchev–Trinajstić information content (AvgIpc) is 3.16. The van der Waals surface area contributed by atoms with Gasteiger partial charge in [0.25, 0.3) is 0 Å². The molecule has 1 saturated heterocycles. The molecule has 0 atom stereocenters. The van der Waals surface area contributed by atoms with E-state index in [9.17, 15) is 9.59 Å². The van der Waals surface area contributed by atoms with Gasteiger partial charge < -0.3 is 4.90 Å². The first kappa shape index (κ1) is 18.7. The van der Waals surface area contributed by atoms with E-state index in [0.717, 1.165) is 36.2 Å². The maximum absolute atomic E-state index is 12.5. The van der Waals surface area contributed by atoms with Crippen molar-refractivity contribution in [1.29, 1.82) is 0 Å². The van der Waals surface area contributed by atoms with Crippen LogP contribution >= 0.6 is 11.3 Å². The van der Waals surface area contributed by atoms with Crippen molar-refractivity contribution in [2.75, 3.05) is 13.1 Å². The number of benzene rings is 1. The van der Waals surface area contributed by atoms with Crippen molar-refractivity contribution in [2.24, 2.45) is 5.92 Å². The van der Waals surface area contributed by atoms with E-state index >= 15 is 0 Å². The van der Waals surface area contributed by atoms with Gasteiger partial charge in [-0.05, 0) is 49.9 Å². The second-order valence-electron chi connectivity index (χ2n) is 7.19. The summed E-state index contributed by atoms with van der Waals surface area (Å²) >= 11 is 1.71. The topological polar surface area (TPSA) is 63.2 Å². The van der Waals surface area contributed by atoms with Crippen LogP contribution in [0, 0.1) is 5.92 Å². The first-order chi connectivity index (χ1) is 13.7. The fourth-order valence-electron chi connectivity index (χ4n) is 3.71. The summed E-state index contributed by atoms with van der Waals surface area (Å²) in [5, 5.41) is 1.09. The molecule has 144 valence electrons. The third-order valence-electron chi connectivity index (χ3n) is 5.28. The maximum atomic E-state index is 12.5. The lowest BCUT2D eigenvalue weighted by molar-refractivity contribution is -0.132. The van der Waals surface area contributed by atoms with Gasteiger partial charge in [0, 0.05) is 43.4 Å². The summed E-state index contributed by atoms with van der Waals surface area (Å²) in [5.41, 5.74) is 1.71. The molecule has 0 unspecified atom stereocenters. The summed E-state index contributed by atoms with van der Waals surface area (Å²) in [6.07, 6.45) is 6.95. The molecule has 0 saturated carbocycles. The number of likely N-dealkylation sites (tertiary alicyclic amines) is 1. The Bertz CT molecular complexity index is 929. The lowest BCUT2D eigenvalue weighted by Gasteiger charge is -2.31. The molecular weight excluding hydrogens is 370 g/mol. The number of ketones is 1. The number of hydrogen-bond acceptors (Lipinski definition) is 5. The zero-order valence-corrected chi connectivity index (χ0v) is 16.5. The van der Waals surface area contributed by atoms with Crippen molar-refractivity contribution in [3.63, 3.8) is 0 Å². The van der Waals surface area contributed by atoms with Gasteiger partial charge in [-0.2, -0.15) is 0 Å². The second kappa shape index (κ2) is 8.61. The highest BCUT2D eigenvalue weighted by molar-refractivity contribution is 7.18. The smallest absolute Gasteiger partial charge is 0.222 e. The highest BCUT2D eigenvalue weighted by atomic mass is 32.1. The van der Waals surface area contributed by atoms with Gasteiger partial charge in [0.2, 0.25) is 5.91 Å². The van der Waals surface area contributed by atoms with Gasteiger partial charge in [0.1, 0.15) is 0 Å². The molecule has 0 radical (unpaired) electrons. The molecule has 1 amide bonds. The van der Waals surface area contributed by atoms with E-state index in [1.165, 1.54) is 4.70 Å². The molecule has 4 rings (SSSR count). The van der Waals surface area contributed by atoms with E-state index in [1.807, 2.05) is 29.2 Å². The van der Waals surface area contributed by atoms with Gasteiger partial charge in [0.15, 0.2) is 5.78 Å². The minimum Gasteiger partial charge on any atom is -0.343 e. The molecule has 3 aromatic rings. The molecule has 1 aromatic carbocycles. The Morgan fingerprint density at radius 3 is 2.68 bits per heavy atom. The Hall–Kier alpha value is -2.60. The maximum Gasteiger partial charge on any atom is 0.222 e. The van der Waals surface area contributed by atoms with E-state index < -0.39 is 0 Å². The van der Waals surface area contributed by atoms with E-state index in [0.29, 0.717) is 25.1 Å². The van der Waals surface area contributed by atoms with Crippen molar-refractivity contribution in [1.82, 2.24) is 14.9 Å². The predicted octanol–water partition coefficient (Wildman–Crippen LogP) is 4.14. The zero-order valence-electron chi connectivity index (χ0n) is 15.7. The lowest BCUT2D eigenvalue weighted by Crippen LogP contribution is -2.40. The van der Waals surface area contributed by atoms with E-state index in [2.05, 4.69) is 16.0 Å². The number of carbonyl (C=O) groups is 2. The molecule has 3 heterocycles. The number of pyridine rings is 1. The highest BCUT2D eigenvalue weighted by Gasteiger charge is 2.27. The first-order valence-corrected chi connectivity index (χ1v) is 10.6. The number of Topliss-reactive ketones (excluding diaryl/α,β-unsaturated/α-hetero) is 1. The van der Waals surface area contributed by atoms with E-state index in [1.54, 1.807) is 29.8 Å². The van der Waals surface area contributed by atoms with Crippen molar-refractivity contribution in [3.8, 4) is 0 Å². The average molecular weight is 394 g/mol. The SMILES string of the molecule is O=C(c1cccnc1)C1CCN(C(=O)CCCc2nc3ccccc3s2)CC1. The molecule has 2 aromatic heterocycles. The summed E-state index contributed by atoms with van der Waals surface area (Å²) < 4.78 is 1.20. The standard InChI is InChI=1S/C22H23N3O2S/c26-21(9-3-8-20-24-18-6-1-2-7-19(18)28-20)25-13-10-16(11-14-25)22(27)17-5-4-12-23-15-17/h1-2,4-7,12,15-16H,3,8-11,13-14H2. The van der Waals surface area contributed by atoms with Crippen LogP contribution in [-0.4, -0.2) is 39.6 Å². The van der Waals surface area contributed by atoms with Crippen LogP contribution < -0.4 is 0 Å². The Morgan fingerprint density at radius 2 is 1.93 bits per heavy atom. The van der Waals surface area contributed by atoms with Crippen LogP contribution in [0.5, 0.6) is 0 Å². The Balaban J connectivity index is 1.23. The summed E-state index contributed by atoms with van der Waals surface area (Å²) in [6.45, 7) is 1.33. The molecule has 1 aliphatic rings. The number of carbonyl (C=O) groups excluding carboxylic acids is 2. The molecule has 28 heavy (non-hydrogen) atoms. The lowest BCUT2D eigenvalue weighted by atomic mass is 9.89. The predicted molar refractivity (Wildman–Crippen MR) is 110 cm³/mol. The highest BCUT2D eigenvalue weighted by Crippen LogP contribution is 2.24. The fourth-order valence-corrected chi connectivity index (χ4v) is 4.72. The monoisotopic (exact) mass is 393 g/mol. The van der Waals surface area contributed by atoms with Gasteiger partial charge in [-0.25, -0.2) is 4.98 Å². The summed E-state index contributed by atoms with van der Waals surface area (Å²) in [4.78, 5) is 35.6. The molecule has 1 fully saturated rings. The number of para-hydroxylation sites is 1. The largest absolute Gasteiger partial charge is 0.343 e. The Labute approximate surface area is 168 Å².